The highest BCUT2D eigenvalue weighted by Crippen LogP contribution is 2.37. The van der Waals surface area contributed by atoms with Gasteiger partial charge in [-0.15, -0.1) is 0 Å². The molecule has 0 bridgehead atoms. The maximum absolute atomic E-state index is 6.38. The van der Waals surface area contributed by atoms with Gasteiger partial charge in [-0.1, -0.05) is 59.6 Å². The molecule has 1 N–H and O–H groups in total. The molecule has 0 spiro atoms. The number of hydrogen-bond acceptors (Lipinski definition) is 2. The van der Waals surface area contributed by atoms with Crippen molar-refractivity contribution in [2.45, 2.75) is 29.7 Å². The normalized spacial score (nSPS) is 12.4. The van der Waals surface area contributed by atoms with Crippen LogP contribution < -0.4 is 5.32 Å². The molecule has 0 aliphatic heterocycles. The fourth-order valence-electron chi connectivity index (χ4n) is 2.02. The summed E-state index contributed by atoms with van der Waals surface area (Å²) in [6, 6.07) is 11.7. The Morgan fingerprint density at radius 2 is 1.81 bits per heavy atom. The van der Waals surface area contributed by atoms with Gasteiger partial charge in [0.1, 0.15) is 0 Å². The van der Waals surface area contributed by atoms with Crippen LogP contribution in [0.15, 0.2) is 46.2 Å². The van der Waals surface area contributed by atoms with E-state index in [2.05, 4.69) is 31.3 Å². The second kappa shape index (κ2) is 7.75. The van der Waals surface area contributed by atoms with Gasteiger partial charge in [0.25, 0.3) is 0 Å². The molecule has 0 heterocycles. The molecule has 5 heteroatoms. The molecule has 0 saturated carbocycles. The maximum atomic E-state index is 6.38. The molecule has 0 aliphatic rings. The lowest BCUT2D eigenvalue weighted by Gasteiger charge is -2.15. The second-order valence-corrected chi connectivity index (χ2v) is 7.01. The molecular weight excluding hydrogens is 345 g/mol. The molecule has 112 valence electrons. The second-order valence-electron chi connectivity index (χ2n) is 4.64. The Bertz CT molecular complexity index is 631. The van der Waals surface area contributed by atoms with Crippen LogP contribution in [0.1, 0.15) is 25.5 Å². The summed E-state index contributed by atoms with van der Waals surface area (Å²) in [6.07, 6.45) is 0. The van der Waals surface area contributed by atoms with Crippen LogP contribution in [0, 0.1) is 0 Å². The molecule has 21 heavy (non-hydrogen) atoms. The van der Waals surface area contributed by atoms with Crippen molar-refractivity contribution in [3.63, 3.8) is 0 Å². The van der Waals surface area contributed by atoms with Gasteiger partial charge in [-0.25, -0.2) is 0 Å². The standard InChI is InChI=1S/C16H16Cl3NS/c1-3-20-10(2)13-6-5-12(9-15(13)19)21-16-8-11(17)4-7-14(16)18/h4-10,20H,3H2,1-2H3. The first kappa shape index (κ1) is 17.0. The Labute approximate surface area is 145 Å². The number of benzene rings is 2. The van der Waals surface area contributed by atoms with Crippen molar-refractivity contribution in [3.05, 3.63) is 57.0 Å². The largest absolute Gasteiger partial charge is 0.310 e. The number of halogens is 3. The fraction of sp³-hybridized carbons (Fsp3) is 0.250. The number of nitrogens with one attached hydrogen (secondary N) is 1. The van der Waals surface area contributed by atoms with Crippen LogP contribution in [0.5, 0.6) is 0 Å². The Kier molecular flexibility index (Phi) is 6.27. The van der Waals surface area contributed by atoms with E-state index in [9.17, 15) is 0 Å². The van der Waals surface area contributed by atoms with E-state index in [4.69, 9.17) is 34.8 Å². The van der Waals surface area contributed by atoms with Gasteiger partial charge in [0.15, 0.2) is 0 Å². The third kappa shape index (κ3) is 4.54. The molecule has 0 amide bonds. The fourth-order valence-corrected chi connectivity index (χ4v) is 3.82. The zero-order valence-electron chi connectivity index (χ0n) is 11.8. The van der Waals surface area contributed by atoms with Gasteiger partial charge in [-0.3, -0.25) is 0 Å². The lowest BCUT2D eigenvalue weighted by molar-refractivity contribution is 0.598. The van der Waals surface area contributed by atoms with Crippen molar-refractivity contribution < 1.29 is 0 Å². The van der Waals surface area contributed by atoms with Crippen LogP contribution in [-0.4, -0.2) is 6.54 Å². The van der Waals surface area contributed by atoms with Crippen molar-refractivity contribution in [2.24, 2.45) is 0 Å². The molecule has 1 atom stereocenters. The minimum absolute atomic E-state index is 0.233. The number of hydrogen-bond donors (Lipinski definition) is 1. The molecule has 1 unspecified atom stereocenters. The van der Waals surface area contributed by atoms with E-state index in [0.29, 0.717) is 10.0 Å². The van der Waals surface area contributed by atoms with E-state index < -0.39 is 0 Å². The summed E-state index contributed by atoms with van der Waals surface area (Å²) in [4.78, 5) is 1.96. The van der Waals surface area contributed by atoms with Gasteiger partial charge in [0, 0.05) is 25.9 Å². The number of rotatable bonds is 5. The molecule has 0 fully saturated rings. The highest BCUT2D eigenvalue weighted by Gasteiger charge is 2.10. The monoisotopic (exact) mass is 359 g/mol. The summed E-state index contributed by atoms with van der Waals surface area (Å²) in [5.74, 6) is 0. The molecule has 0 aliphatic carbocycles. The lowest BCUT2D eigenvalue weighted by Crippen LogP contribution is -2.17. The van der Waals surface area contributed by atoms with Crippen molar-refractivity contribution in [1.82, 2.24) is 5.32 Å². The Morgan fingerprint density at radius 3 is 2.48 bits per heavy atom. The predicted molar refractivity (Wildman–Crippen MR) is 94.1 cm³/mol. The van der Waals surface area contributed by atoms with Gasteiger partial charge in [-0.2, -0.15) is 0 Å². The summed E-state index contributed by atoms with van der Waals surface area (Å²) in [6.45, 7) is 5.09. The van der Waals surface area contributed by atoms with Gasteiger partial charge < -0.3 is 5.32 Å². The quantitative estimate of drug-likeness (QED) is 0.656. The minimum atomic E-state index is 0.233. The highest BCUT2D eigenvalue weighted by atomic mass is 35.5. The lowest BCUT2D eigenvalue weighted by atomic mass is 10.1. The molecular formula is C16H16Cl3NS. The van der Waals surface area contributed by atoms with E-state index >= 15 is 0 Å². The Balaban J connectivity index is 2.22. The van der Waals surface area contributed by atoms with Gasteiger partial charge in [-0.05, 0) is 49.4 Å². The van der Waals surface area contributed by atoms with Crippen LogP contribution in [-0.2, 0) is 0 Å². The average molecular weight is 361 g/mol. The first-order valence-electron chi connectivity index (χ1n) is 6.67. The first-order valence-corrected chi connectivity index (χ1v) is 8.62. The average Bonchev–Trinajstić information content (AvgIpc) is 2.43. The van der Waals surface area contributed by atoms with E-state index in [1.165, 1.54) is 0 Å². The third-order valence-electron chi connectivity index (χ3n) is 3.07. The highest BCUT2D eigenvalue weighted by molar-refractivity contribution is 7.99. The smallest absolute Gasteiger partial charge is 0.0546 e. The summed E-state index contributed by atoms with van der Waals surface area (Å²) in [5, 5.41) is 5.47. The van der Waals surface area contributed by atoms with Crippen LogP contribution >= 0.6 is 46.6 Å². The topological polar surface area (TPSA) is 12.0 Å². The van der Waals surface area contributed by atoms with Crippen molar-refractivity contribution in [2.75, 3.05) is 6.54 Å². The molecule has 0 saturated heterocycles. The van der Waals surface area contributed by atoms with E-state index in [1.807, 2.05) is 12.1 Å². The van der Waals surface area contributed by atoms with E-state index in [0.717, 1.165) is 26.9 Å². The van der Waals surface area contributed by atoms with Crippen LogP contribution in [0.2, 0.25) is 15.1 Å². The van der Waals surface area contributed by atoms with Gasteiger partial charge in [0.2, 0.25) is 0 Å². The molecule has 2 aromatic rings. The minimum Gasteiger partial charge on any atom is -0.310 e. The summed E-state index contributed by atoms with van der Waals surface area (Å²) in [7, 11) is 0. The maximum Gasteiger partial charge on any atom is 0.0546 e. The third-order valence-corrected chi connectivity index (χ3v) is 5.12. The molecule has 2 aromatic carbocycles. The predicted octanol–water partition coefficient (Wildman–Crippen LogP) is 6.47. The summed E-state index contributed by atoms with van der Waals surface area (Å²) < 4.78 is 0. The zero-order valence-corrected chi connectivity index (χ0v) is 14.9. The van der Waals surface area contributed by atoms with Crippen LogP contribution in [0.3, 0.4) is 0 Å². The summed E-state index contributed by atoms with van der Waals surface area (Å²) in [5.41, 5.74) is 1.10. The van der Waals surface area contributed by atoms with E-state index in [-0.39, 0.29) is 6.04 Å². The molecule has 0 radical (unpaired) electrons. The summed E-state index contributed by atoms with van der Waals surface area (Å²) >= 11 is 20.1. The first-order chi connectivity index (χ1) is 10.0. The van der Waals surface area contributed by atoms with Crippen LogP contribution in [0.4, 0.5) is 0 Å². The SMILES string of the molecule is CCNC(C)c1ccc(Sc2cc(Cl)ccc2Cl)cc1Cl. The van der Waals surface area contributed by atoms with Crippen molar-refractivity contribution in [3.8, 4) is 0 Å². The molecule has 2 rings (SSSR count). The Morgan fingerprint density at radius 1 is 1.05 bits per heavy atom. The van der Waals surface area contributed by atoms with Crippen molar-refractivity contribution in [1.29, 1.82) is 0 Å². The Hall–Kier alpha value is -0.380. The van der Waals surface area contributed by atoms with Crippen LogP contribution in [0.25, 0.3) is 0 Å². The van der Waals surface area contributed by atoms with E-state index in [1.54, 1.807) is 23.9 Å². The zero-order chi connectivity index (χ0) is 15.4. The van der Waals surface area contributed by atoms with Crippen molar-refractivity contribution >= 4 is 46.6 Å². The van der Waals surface area contributed by atoms with Gasteiger partial charge >= 0.3 is 0 Å². The molecule has 1 nitrogen and oxygen atoms in total. The molecule has 0 aromatic heterocycles. The van der Waals surface area contributed by atoms with Gasteiger partial charge in [0.05, 0.1) is 5.02 Å².